The average molecular weight is 511 g/mol. The fourth-order valence-electron chi connectivity index (χ4n) is 4.03. The zero-order valence-electron chi connectivity index (χ0n) is 20.3. The van der Waals surface area contributed by atoms with Gasteiger partial charge in [0, 0.05) is 29.6 Å². The molecule has 11 heteroatoms. The number of hydrogen-bond acceptors (Lipinski definition) is 7. The van der Waals surface area contributed by atoms with Crippen molar-refractivity contribution in [1.29, 1.82) is 5.26 Å². The second-order valence-corrected chi connectivity index (χ2v) is 9.01. The lowest BCUT2D eigenvalue weighted by atomic mass is 10.1. The number of nitriles is 1. The normalized spacial score (nSPS) is 20.4. The maximum atomic E-state index is 12.9. The molecule has 3 aromatic rings. The van der Waals surface area contributed by atoms with E-state index in [2.05, 4.69) is 21.0 Å². The van der Waals surface area contributed by atoms with Gasteiger partial charge in [0.05, 0.1) is 17.0 Å². The van der Waals surface area contributed by atoms with Crippen LogP contribution in [0.25, 0.3) is 28.2 Å². The number of allylic oxidation sites excluding steroid dienone is 3. The van der Waals surface area contributed by atoms with Crippen molar-refractivity contribution < 1.29 is 23.4 Å². The van der Waals surface area contributed by atoms with Gasteiger partial charge in [0.25, 0.3) is 5.91 Å². The number of nitrogens with one attached hydrogen (secondary N) is 1. The Morgan fingerprint density at radius 3 is 2.62 bits per heavy atom. The number of rotatable bonds is 5. The summed E-state index contributed by atoms with van der Waals surface area (Å²) < 4.78 is 40.5. The molecule has 0 saturated carbocycles. The highest BCUT2D eigenvalue weighted by atomic mass is 19.4. The van der Waals surface area contributed by atoms with Gasteiger partial charge in [-0.05, 0) is 62.1 Å². The Morgan fingerprint density at radius 1 is 1.22 bits per heavy atom. The maximum Gasteiger partial charge on any atom is 0.403 e. The Kier molecular flexibility index (Phi) is 7.01. The minimum absolute atomic E-state index is 0.131. The molecule has 3 aromatic heterocycles. The maximum absolute atomic E-state index is 12.9. The highest BCUT2D eigenvalue weighted by Crippen LogP contribution is 2.36. The van der Waals surface area contributed by atoms with Crippen LogP contribution < -0.4 is 5.32 Å². The van der Waals surface area contributed by atoms with E-state index in [1.54, 1.807) is 22.3 Å². The van der Waals surface area contributed by atoms with Crippen LogP contribution in [0, 0.1) is 24.2 Å². The number of alkyl halides is 3. The van der Waals surface area contributed by atoms with Crippen molar-refractivity contribution in [3.63, 3.8) is 0 Å². The Balaban J connectivity index is 1.88. The number of aliphatic imine (C=N–C) groups is 1. The summed E-state index contributed by atoms with van der Waals surface area (Å²) in [6.45, 7) is 4.66. The number of aromatic nitrogens is 3. The molecular weight excluding hydrogens is 485 g/mol. The molecule has 0 aliphatic carbocycles. The van der Waals surface area contributed by atoms with E-state index in [4.69, 9.17) is 0 Å². The summed E-state index contributed by atoms with van der Waals surface area (Å²) in [4.78, 5) is 13.4. The molecule has 0 spiro atoms. The smallest absolute Gasteiger partial charge is 0.350 e. The first kappa shape index (κ1) is 26.2. The quantitative estimate of drug-likeness (QED) is 0.439. The van der Waals surface area contributed by atoms with E-state index in [0.717, 1.165) is 25.1 Å². The second-order valence-electron chi connectivity index (χ2n) is 9.01. The van der Waals surface area contributed by atoms with Crippen LogP contribution in [0.2, 0.25) is 0 Å². The predicted molar refractivity (Wildman–Crippen MR) is 133 cm³/mol. The zero-order chi connectivity index (χ0) is 27.0. The molecule has 0 fully saturated rings. The van der Waals surface area contributed by atoms with E-state index >= 15 is 0 Å². The first-order chi connectivity index (χ1) is 17.4. The molecule has 2 atom stereocenters. The Morgan fingerprint density at radius 2 is 1.97 bits per heavy atom. The van der Waals surface area contributed by atoms with E-state index < -0.39 is 18.1 Å². The lowest BCUT2D eigenvalue weighted by molar-refractivity contribution is -0.235. The molecule has 3 N–H and O–H groups in total. The molecular formula is C26H25F3N6O2. The largest absolute Gasteiger partial charge is 0.403 e. The van der Waals surface area contributed by atoms with E-state index in [9.17, 15) is 28.6 Å². The van der Waals surface area contributed by atoms with Gasteiger partial charge < -0.3 is 10.2 Å². The second kappa shape index (κ2) is 9.89. The van der Waals surface area contributed by atoms with Gasteiger partial charge in [0.2, 0.25) is 0 Å². The lowest BCUT2D eigenvalue weighted by Gasteiger charge is -2.28. The van der Waals surface area contributed by atoms with Crippen molar-refractivity contribution >= 4 is 23.1 Å². The van der Waals surface area contributed by atoms with Crippen LogP contribution in [0.4, 0.5) is 13.2 Å². The summed E-state index contributed by atoms with van der Waals surface area (Å²) >= 11 is 0. The standard InChI is InChI=1S/C26H25F3N6O2/c1-15-6-4-5-9-31-22(11-15)35-23(20(12-30)19-10-16(2)13-33-24(19)35)21-8-7-18(14-32-21)26(36,37)34-17(3)25(27,28)29/h4-5,7-11,13-15,17,34,36-37H,6H2,1-3H3/b5-4+,22-11+,31-9-/t15?,17-/m0/s1. The number of halogens is 3. The van der Waals surface area contributed by atoms with Gasteiger partial charge in [-0.3, -0.25) is 14.9 Å². The third-order valence-electron chi connectivity index (χ3n) is 5.97. The van der Waals surface area contributed by atoms with Crippen LogP contribution in [0.5, 0.6) is 0 Å². The van der Waals surface area contributed by atoms with Gasteiger partial charge in [0.1, 0.15) is 23.6 Å². The van der Waals surface area contributed by atoms with Crippen molar-refractivity contribution in [3.8, 4) is 17.5 Å². The molecule has 1 aliphatic heterocycles. The molecule has 0 amide bonds. The monoisotopic (exact) mass is 510 g/mol. The van der Waals surface area contributed by atoms with E-state index in [1.807, 2.05) is 38.1 Å². The fraction of sp³-hybridized carbons (Fsp3) is 0.308. The van der Waals surface area contributed by atoms with Crippen LogP contribution in [-0.4, -0.2) is 43.2 Å². The number of aryl methyl sites for hydroxylation is 1. The van der Waals surface area contributed by atoms with Crippen molar-refractivity contribution in [1.82, 2.24) is 19.9 Å². The molecule has 0 aromatic carbocycles. The average Bonchev–Trinajstić information content (AvgIpc) is 3.13. The summed E-state index contributed by atoms with van der Waals surface area (Å²) in [5.41, 5.74) is 1.97. The Labute approximate surface area is 211 Å². The summed E-state index contributed by atoms with van der Waals surface area (Å²) in [5, 5.41) is 33.0. The zero-order valence-corrected chi connectivity index (χ0v) is 20.3. The van der Waals surface area contributed by atoms with Crippen molar-refractivity contribution in [2.24, 2.45) is 10.9 Å². The summed E-state index contributed by atoms with van der Waals surface area (Å²) in [6.07, 6.45) is 6.26. The molecule has 0 bridgehead atoms. The fourth-order valence-corrected chi connectivity index (χ4v) is 4.03. The third-order valence-corrected chi connectivity index (χ3v) is 5.97. The Bertz CT molecular complexity index is 1450. The minimum Gasteiger partial charge on any atom is -0.350 e. The third kappa shape index (κ3) is 5.32. The number of nitrogens with zero attached hydrogens (tertiary/aromatic N) is 5. The Hall–Kier alpha value is -3.85. The van der Waals surface area contributed by atoms with Gasteiger partial charge >= 0.3 is 6.18 Å². The van der Waals surface area contributed by atoms with Crippen LogP contribution in [0.1, 0.15) is 37.0 Å². The molecule has 1 aliphatic rings. The van der Waals surface area contributed by atoms with E-state index in [-0.39, 0.29) is 22.7 Å². The summed E-state index contributed by atoms with van der Waals surface area (Å²) in [7, 11) is 0. The van der Waals surface area contributed by atoms with Crippen molar-refractivity contribution in [3.05, 3.63) is 65.5 Å². The van der Waals surface area contributed by atoms with Gasteiger partial charge in [0.15, 0.2) is 0 Å². The molecule has 1 unspecified atom stereocenters. The molecule has 0 radical (unpaired) electrons. The number of aliphatic hydroxyl groups is 2. The summed E-state index contributed by atoms with van der Waals surface area (Å²) in [6, 6.07) is 4.51. The summed E-state index contributed by atoms with van der Waals surface area (Å²) in [5.74, 6) is -2.33. The number of fused-ring (bicyclic) bond motifs is 1. The SMILES string of the molecule is Cc1cnc2c(c1)c(C#N)c(-c1ccc(C(O)(O)N[C@@H](C)C(F)(F)F)cn1)n2C1=C/C(C)C/C=C/C=N\1. The van der Waals surface area contributed by atoms with E-state index in [0.29, 0.717) is 22.5 Å². The highest BCUT2D eigenvalue weighted by Gasteiger charge is 2.41. The van der Waals surface area contributed by atoms with Gasteiger partial charge in [-0.1, -0.05) is 13.0 Å². The first-order valence-electron chi connectivity index (χ1n) is 11.5. The minimum atomic E-state index is -4.68. The lowest BCUT2D eigenvalue weighted by Crippen LogP contribution is -2.52. The van der Waals surface area contributed by atoms with Crippen LogP contribution in [-0.2, 0) is 5.91 Å². The predicted octanol–water partition coefficient (Wildman–Crippen LogP) is 4.38. The first-order valence-corrected chi connectivity index (χ1v) is 11.5. The number of pyridine rings is 2. The van der Waals surface area contributed by atoms with Crippen LogP contribution in [0.15, 0.2) is 53.8 Å². The van der Waals surface area contributed by atoms with Gasteiger partial charge in [-0.2, -0.15) is 18.4 Å². The van der Waals surface area contributed by atoms with Crippen molar-refractivity contribution in [2.75, 3.05) is 0 Å². The topological polar surface area (TPSA) is 119 Å². The van der Waals surface area contributed by atoms with Crippen molar-refractivity contribution in [2.45, 2.75) is 45.3 Å². The van der Waals surface area contributed by atoms with Crippen LogP contribution >= 0.6 is 0 Å². The molecule has 0 saturated heterocycles. The van der Waals surface area contributed by atoms with Gasteiger partial charge in [-0.15, -0.1) is 0 Å². The molecule has 4 rings (SSSR count). The van der Waals surface area contributed by atoms with E-state index in [1.165, 1.54) is 12.1 Å². The molecule has 4 heterocycles. The molecule has 8 nitrogen and oxygen atoms in total. The molecule has 37 heavy (non-hydrogen) atoms. The number of hydrogen-bond donors (Lipinski definition) is 3. The molecule has 192 valence electrons. The van der Waals surface area contributed by atoms with Crippen LogP contribution in [0.3, 0.4) is 0 Å². The highest BCUT2D eigenvalue weighted by molar-refractivity contribution is 5.95. The van der Waals surface area contributed by atoms with Gasteiger partial charge in [-0.25, -0.2) is 9.98 Å².